The first-order chi connectivity index (χ1) is 47.8. The summed E-state index contributed by atoms with van der Waals surface area (Å²) in [6, 6.07) is 19.4. The number of nitrogens with one attached hydrogen (secondary N) is 3. The molecule has 6 aromatic rings. The number of hydrogen-bond acceptors (Lipinski definition) is 21. The molecule has 6 amide bonds. The molecule has 4 aliphatic carbocycles. The standard InChI is InChI=1S/C71H80N10O18S/c1-41-46(44-14-17-54(76-60(44)64(89)90)79-23-21-43-47(32-79)45(13-16-51(43)95-5)63(88)77-66-75-48-10-6-7-11-53(48)100-66)31-73-81(41)40-70-35-68(2)34-69(3,36-70)38-71(37-68,39-70)97-28-25-78(24-27-94-4)67(93)96-26-8-9-42-12-15-52(98-59-30-50(82)61(87)62(99-59)65(91)92)49(29-42)74-55(83)20-22-72-56(84)33-80-57(85)18-19-58(80)86/h6-19,29,31,50,59,61-62,82,87H,20-28,30,32-40H2,1-5H3,(H,72,84)(H,74,83)(H,89,90)(H,91,92)(H,75,77,88)/b9-8+/t50-,59-,61+,62+,68?,69?,70?,71?/m1/s1. The number of aliphatic carboxylic acids is 1. The first-order valence-corrected chi connectivity index (χ1v) is 33.9. The summed E-state index contributed by atoms with van der Waals surface area (Å²) in [4.78, 5) is 116. The van der Waals surface area contributed by atoms with Crippen molar-refractivity contribution in [1.29, 1.82) is 0 Å². The number of aliphatic hydroxyl groups is 2. The van der Waals surface area contributed by atoms with E-state index in [1.165, 1.54) is 35.5 Å². The Balaban J connectivity index is 0.684. The minimum absolute atomic E-state index is 0.00317. The van der Waals surface area contributed by atoms with Crippen molar-refractivity contribution in [2.75, 3.05) is 82.3 Å². The van der Waals surface area contributed by atoms with Gasteiger partial charge < -0.3 is 69.3 Å². The van der Waals surface area contributed by atoms with Crippen LogP contribution in [-0.4, -0.2) is 195 Å². The molecular weight excluding hydrogens is 1310 g/mol. The van der Waals surface area contributed by atoms with E-state index in [1.807, 2.05) is 46.8 Å². The van der Waals surface area contributed by atoms with Gasteiger partial charge in [-0.05, 0) is 134 Å². The van der Waals surface area contributed by atoms with Gasteiger partial charge in [0.05, 0.1) is 54.1 Å². The zero-order chi connectivity index (χ0) is 70.8. The molecule has 528 valence electrons. The number of para-hydroxylation sites is 1. The number of thiazole rings is 1. The third kappa shape index (κ3) is 15.2. The van der Waals surface area contributed by atoms with E-state index in [1.54, 1.807) is 49.7 Å². The number of carbonyl (C=O) groups is 8. The molecule has 6 atom stereocenters. The lowest BCUT2D eigenvalue weighted by Crippen LogP contribution is -2.64. The molecule has 4 saturated carbocycles. The molecule has 0 radical (unpaired) electrons. The molecule has 1 saturated heterocycles. The van der Waals surface area contributed by atoms with Crippen LogP contribution in [0.1, 0.15) is 108 Å². The molecular formula is C71H80N10O18S. The van der Waals surface area contributed by atoms with E-state index in [-0.39, 0.29) is 98.1 Å². The van der Waals surface area contributed by atoms with Crippen molar-refractivity contribution in [3.8, 4) is 22.6 Å². The summed E-state index contributed by atoms with van der Waals surface area (Å²) in [5.41, 5.74) is 4.44. The monoisotopic (exact) mass is 1390 g/mol. The SMILES string of the molecule is COCCN(CCOC12CC3(C)CC(C)(CC(Cn4ncc(-c5ccc(N6CCc7c(OC)ccc(C(=O)Nc8nc9ccccc9s8)c7C6)nc5C(=O)O)c4C)(C3)C1)C2)C(=O)OC/C=C/c1ccc(O[C@H]2C[C@@H](O)[C@H](O)[C@@H](C(=O)O)O2)c(NC(=O)CCNC(=O)CN2C(=O)C=CC2=O)c1. The number of rotatable bonds is 27. The third-order valence-corrected chi connectivity index (χ3v) is 20.5. The van der Waals surface area contributed by atoms with Crippen LogP contribution < -0.4 is 30.3 Å². The number of anilines is 3. The number of amides is 6. The second-order valence-electron chi connectivity index (χ2n) is 27.5. The maximum absolute atomic E-state index is 14.0. The van der Waals surface area contributed by atoms with Crippen molar-refractivity contribution in [2.45, 2.75) is 122 Å². The predicted molar refractivity (Wildman–Crippen MR) is 363 cm³/mol. The van der Waals surface area contributed by atoms with Crippen LogP contribution in [0.5, 0.6) is 11.5 Å². The average Bonchev–Trinajstić information content (AvgIpc) is 0.819. The Bertz CT molecular complexity index is 4200. The number of ether oxygens (including phenoxy) is 6. The molecule has 3 aromatic carbocycles. The molecule has 4 bridgehead atoms. The number of carboxylic acid groups (broad SMARTS) is 2. The van der Waals surface area contributed by atoms with E-state index in [0.717, 1.165) is 82.6 Å². The Morgan fingerprint density at radius 1 is 0.840 bits per heavy atom. The number of hydrogen-bond donors (Lipinski definition) is 7. The molecule has 5 fully saturated rings. The highest BCUT2D eigenvalue weighted by Crippen LogP contribution is 2.72. The van der Waals surface area contributed by atoms with Crippen LogP contribution in [0, 0.1) is 23.2 Å². The summed E-state index contributed by atoms with van der Waals surface area (Å²) in [6.45, 7) is 7.99. The fourth-order valence-corrected chi connectivity index (χ4v) is 17.2. The molecule has 29 heteroatoms. The predicted octanol–water partition coefficient (Wildman–Crippen LogP) is 6.99. The Morgan fingerprint density at radius 2 is 1.59 bits per heavy atom. The summed E-state index contributed by atoms with van der Waals surface area (Å²) < 4.78 is 38.3. The number of carboxylic acids is 2. The van der Waals surface area contributed by atoms with Gasteiger partial charge in [-0.25, -0.2) is 24.4 Å². The number of benzene rings is 3. The van der Waals surface area contributed by atoms with Gasteiger partial charge in [-0.3, -0.25) is 38.9 Å². The van der Waals surface area contributed by atoms with Gasteiger partial charge in [0.2, 0.25) is 18.1 Å². The molecule has 13 rings (SSSR count). The molecule has 28 nitrogen and oxygen atoms in total. The zero-order valence-corrected chi connectivity index (χ0v) is 56.8. The number of aromatic carboxylic acids is 1. The molecule has 2 unspecified atom stereocenters. The van der Waals surface area contributed by atoms with Crippen molar-refractivity contribution < 1.29 is 87.2 Å². The van der Waals surface area contributed by atoms with E-state index in [0.29, 0.717) is 58.5 Å². The van der Waals surface area contributed by atoms with Gasteiger partial charge in [0.1, 0.15) is 36.6 Å². The molecule has 0 spiro atoms. The number of carbonyl (C=O) groups excluding carboxylic acids is 6. The third-order valence-electron chi connectivity index (χ3n) is 19.6. The van der Waals surface area contributed by atoms with Crippen molar-refractivity contribution in [3.05, 3.63) is 125 Å². The smallest absolute Gasteiger partial charge is 0.410 e. The van der Waals surface area contributed by atoms with E-state index < -0.39 is 78.4 Å². The highest BCUT2D eigenvalue weighted by molar-refractivity contribution is 7.22. The van der Waals surface area contributed by atoms with E-state index >= 15 is 0 Å². The number of imide groups is 1. The van der Waals surface area contributed by atoms with Crippen LogP contribution in [0.3, 0.4) is 0 Å². The molecule has 7 aliphatic rings. The Hall–Kier alpha value is -9.65. The fourth-order valence-electron chi connectivity index (χ4n) is 16.4. The van der Waals surface area contributed by atoms with Crippen LogP contribution in [0.25, 0.3) is 27.4 Å². The lowest BCUT2D eigenvalue weighted by Gasteiger charge is -2.69. The van der Waals surface area contributed by atoms with Gasteiger partial charge >= 0.3 is 18.0 Å². The molecule has 6 heterocycles. The second kappa shape index (κ2) is 28.9. The number of nitrogens with zero attached hydrogens (tertiary/aromatic N) is 7. The van der Waals surface area contributed by atoms with Crippen LogP contribution in [0.4, 0.5) is 21.4 Å². The summed E-state index contributed by atoms with van der Waals surface area (Å²) in [5, 5.41) is 54.7. The largest absolute Gasteiger partial charge is 0.496 e. The van der Waals surface area contributed by atoms with E-state index in [2.05, 4.69) is 34.8 Å². The maximum Gasteiger partial charge on any atom is 0.410 e. The van der Waals surface area contributed by atoms with E-state index in [4.69, 9.17) is 38.5 Å². The lowest BCUT2D eigenvalue weighted by molar-refractivity contribution is -0.248. The Morgan fingerprint density at radius 3 is 2.32 bits per heavy atom. The van der Waals surface area contributed by atoms with Crippen molar-refractivity contribution >= 4 is 91.8 Å². The number of pyridine rings is 1. The molecule has 3 aromatic heterocycles. The lowest BCUT2D eigenvalue weighted by atomic mass is 9.39. The van der Waals surface area contributed by atoms with Crippen molar-refractivity contribution in [3.63, 3.8) is 0 Å². The normalized spacial score (nSPS) is 24.4. The fraction of sp³-hybridized carbons (Fsp3) is 0.451. The first-order valence-electron chi connectivity index (χ1n) is 33.1. The summed E-state index contributed by atoms with van der Waals surface area (Å²) >= 11 is 1.39. The van der Waals surface area contributed by atoms with Gasteiger partial charge in [-0.2, -0.15) is 5.10 Å². The van der Waals surface area contributed by atoms with Crippen LogP contribution in [-0.2, 0) is 62.4 Å². The average molecular weight is 1390 g/mol. The first kappa shape index (κ1) is 70.2. The minimum Gasteiger partial charge on any atom is -0.496 e. The number of aliphatic hydroxyl groups excluding tert-OH is 2. The van der Waals surface area contributed by atoms with Gasteiger partial charge in [0, 0.05) is 99.3 Å². The number of methoxy groups -OCH3 is 2. The highest BCUT2D eigenvalue weighted by Gasteiger charge is 2.66. The minimum atomic E-state index is -1.81. The summed E-state index contributed by atoms with van der Waals surface area (Å²) in [7, 11) is 3.14. The molecule has 3 aliphatic heterocycles. The topological polar surface area (TPSA) is 362 Å². The number of fused-ring (bicyclic) bond motifs is 2. The van der Waals surface area contributed by atoms with Gasteiger partial charge in [0.25, 0.3) is 17.7 Å². The molecule has 100 heavy (non-hydrogen) atoms. The van der Waals surface area contributed by atoms with Gasteiger partial charge in [-0.1, -0.05) is 49.5 Å². The van der Waals surface area contributed by atoms with Gasteiger partial charge in [0.15, 0.2) is 16.9 Å². The van der Waals surface area contributed by atoms with Crippen LogP contribution in [0.15, 0.2) is 91.2 Å². The van der Waals surface area contributed by atoms with Crippen molar-refractivity contribution in [2.24, 2.45) is 16.2 Å². The zero-order valence-electron chi connectivity index (χ0n) is 56.0. The quantitative estimate of drug-likeness (QED) is 0.0255. The summed E-state index contributed by atoms with van der Waals surface area (Å²) in [6.07, 6.45) is 5.35. The van der Waals surface area contributed by atoms with Crippen LogP contribution >= 0.6 is 11.3 Å². The Labute approximate surface area is 579 Å². The van der Waals surface area contributed by atoms with Crippen molar-refractivity contribution in [1.82, 2.24) is 34.9 Å². The molecule has 7 N–H and O–H groups in total. The van der Waals surface area contributed by atoms with E-state index in [9.17, 15) is 58.8 Å². The highest BCUT2D eigenvalue weighted by atomic mass is 32.1. The summed E-state index contributed by atoms with van der Waals surface area (Å²) in [5.74, 6) is -4.47. The number of aromatic nitrogens is 4. The Kier molecular flexibility index (Phi) is 20.3. The second-order valence-corrected chi connectivity index (χ2v) is 28.5. The van der Waals surface area contributed by atoms with Gasteiger partial charge in [-0.15, -0.1) is 0 Å². The maximum atomic E-state index is 14.0. The van der Waals surface area contributed by atoms with Crippen LogP contribution in [0.2, 0.25) is 0 Å².